The van der Waals surface area contributed by atoms with Crippen molar-refractivity contribution in [3.8, 4) is 0 Å². The number of hydrogen-bond acceptors (Lipinski definition) is 4. The van der Waals surface area contributed by atoms with Crippen LogP contribution < -0.4 is 5.32 Å². The van der Waals surface area contributed by atoms with Crippen molar-refractivity contribution in [3.05, 3.63) is 15.6 Å². The van der Waals surface area contributed by atoms with E-state index in [0.717, 1.165) is 6.04 Å². The summed E-state index contributed by atoms with van der Waals surface area (Å²) in [5.41, 5.74) is 1.37. The fraction of sp³-hybridized carbons (Fsp3) is 0.824. The van der Waals surface area contributed by atoms with Gasteiger partial charge in [-0.15, -0.1) is 11.3 Å². The molecule has 4 heteroatoms. The predicted octanol–water partition coefficient (Wildman–Crippen LogP) is 3.64. The van der Waals surface area contributed by atoms with Crippen LogP contribution in [0.5, 0.6) is 0 Å². The van der Waals surface area contributed by atoms with E-state index in [1.165, 1.54) is 47.9 Å². The van der Waals surface area contributed by atoms with Crippen LogP contribution in [0.4, 0.5) is 0 Å². The lowest BCUT2D eigenvalue weighted by Crippen LogP contribution is -2.40. The van der Waals surface area contributed by atoms with Gasteiger partial charge in [-0.2, -0.15) is 0 Å². The smallest absolute Gasteiger partial charge is 0.0985 e. The predicted molar refractivity (Wildman–Crippen MR) is 90.1 cm³/mol. The molecule has 0 aliphatic carbocycles. The van der Waals surface area contributed by atoms with Gasteiger partial charge in [-0.3, -0.25) is 4.90 Å². The number of nitrogens with one attached hydrogen (secondary N) is 1. The standard InChI is InChI=1S/C17H29N3S/c1-11(15-12(2)19-16(21-15)17(3,4)5)18-13-8-10-20-9-6-7-14(13)20/h11,13-14,18H,6-10H2,1-5H3. The first-order valence-corrected chi connectivity index (χ1v) is 9.16. The van der Waals surface area contributed by atoms with Crippen LogP contribution in [0.15, 0.2) is 0 Å². The minimum atomic E-state index is 0.156. The van der Waals surface area contributed by atoms with Gasteiger partial charge in [0.25, 0.3) is 0 Å². The fourth-order valence-corrected chi connectivity index (χ4v) is 4.94. The Bertz CT molecular complexity index is 503. The Labute approximate surface area is 133 Å². The average molecular weight is 308 g/mol. The van der Waals surface area contributed by atoms with Gasteiger partial charge < -0.3 is 5.32 Å². The van der Waals surface area contributed by atoms with Crippen molar-refractivity contribution in [1.29, 1.82) is 0 Å². The molecule has 0 spiro atoms. The summed E-state index contributed by atoms with van der Waals surface area (Å²) < 4.78 is 0. The Morgan fingerprint density at radius 2 is 2.05 bits per heavy atom. The van der Waals surface area contributed by atoms with Crippen LogP contribution in [-0.2, 0) is 5.41 Å². The summed E-state index contributed by atoms with van der Waals surface area (Å²) >= 11 is 1.90. The Balaban J connectivity index is 1.71. The second-order valence-corrected chi connectivity index (χ2v) is 8.78. The van der Waals surface area contributed by atoms with Crippen molar-refractivity contribution >= 4 is 11.3 Å². The average Bonchev–Trinajstić information content (AvgIpc) is 3.04. The normalized spacial score (nSPS) is 28.0. The van der Waals surface area contributed by atoms with Gasteiger partial charge in [0.2, 0.25) is 0 Å². The number of aryl methyl sites for hydroxylation is 1. The molecular formula is C17H29N3S. The minimum Gasteiger partial charge on any atom is -0.305 e. The van der Waals surface area contributed by atoms with E-state index in [0.29, 0.717) is 12.1 Å². The van der Waals surface area contributed by atoms with Crippen LogP contribution >= 0.6 is 11.3 Å². The van der Waals surface area contributed by atoms with Gasteiger partial charge in [-0.25, -0.2) is 4.98 Å². The van der Waals surface area contributed by atoms with Gasteiger partial charge >= 0.3 is 0 Å². The number of aromatic nitrogens is 1. The molecule has 2 fully saturated rings. The third-order valence-electron chi connectivity index (χ3n) is 4.94. The first kappa shape index (κ1) is 15.4. The Morgan fingerprint density at radius 1 is 1.29 bits per heavy atom. The van der Waals surface area contributed by atoms with E-state index >= 15 is 0 Å². The van der Waals surface area contributed by atoms with E-state index in [4.69, 9.17) is 4.98 Å². The molecule has 0 bridgehead atoms. The lowest BCUT2D eigenvalue weighted by atomic mass is 9.98. The molecule has 0 radical (unpaired) electrons. The van der Waals surface area contributed by atoms with Gasteiger partial charge in [0.1, 0.15) is 0 Å². The Morgan fingerprint density at radius 3 is 2.71 bits per heavy atom. The Kier molecular flexibility index (Phi) is 4.15. The highest BCUT2D eigenvalue weighted by Crippen LogP contribution is 2.34. The quantitative estimate of drug-likeness (QED) is 0.924. The molecule has 3 rings (SSSR count). The number of nitrogens with zero attached hydrogens (tertiary/aromatic N) is 2. The molecule has 3 nitrogen and oxygen atoms in total. The van der Waals surface area contributed by atoms with Gasteiger partial charge in [0, 0.05) is 35.0 Å². The van der Waals surface area contributed by atoms with Gasteiger partial charge in [-0.1, -0.05) is 20.8 Å². The van der Waals surface area contributed by atoms with E-state index in [1.807, 2.05) is 11.3 Å². The molecule has 0 amide bonds. The molecule has 1 aromatic rings. The molecule has 2 saturated heterocycles. The zero-order valence-electron chi connectivity index (χ0n) is 14.1. The number of hydrogen-bond donors (Lipinski definition) is 1. The molecule has 3 heterocycles. The fourth-order valence-electron chi connectivity index (χ4n) is 3.80. The molecule has 1 N–H and O–H groups in total. The summed E-state index contributed by atoms with van der Waals surface area (Å²) in [4.78, 5) is 8.91. The molecular weight excluding hydrogens is 278 g/mol. The topological polar surface area (TPSA) is 28.2 Å². The van der Waals surface area contributed by atoms with Crippen LogP contribution in [0.25, 0.3) is 0 Å². The van der Waals surface area contributed by atoms with Crippen LogP contribution in [0, 0.1) is 6.92 Å². The molecule has 3 unspecified atom stereocenters. The largest absolute Gasteiger partial charge is 0.305 e. The summed E-state index contributed by atoms with van der Waals surface area (Å²) in [5, 5.41) is 5.16. The Hall–Kier alpha value is -0.450. The molecule has 0 saturated carbocycles. The second-order valence-electron chi connectivity index (χ2n) is 7.75. The highest BCUT2D eigenvalue weighted by Gasteiger charge is 2.37. The minimum absolute atomic E-state index is 0.156. The maximum Gasteiger partial charge on any atom is 0.0985 e. The summed E-state index contributed by atoms with van der Waals surface area (Å²) in [7, 11) is 0. The van der Waals surface area contributed by atoms with Gasteiger partial charge in [0.15, 0.2) is 0 Å². The molecule has 118 valence electrons. The maximum absolute atomic E-state index is 4.81. The summed E-state index contributed by atoms with van der Waals surface area (Å²) in [5.74, 6) is 0. The second kappa shape index (κ2) is 5.64. The summed E-state index contributed by atoms with van der Waals surface area (Å²) in [6.07, 6.45) is 4.06. The van der Waals surface area contributed by atoms with Crippen molar-refractivity contribution in [2.75, 3.05) is 13.1 Å². The van der Waals surface area contributed by atoms with Crippen molar-refractivity contribution in [3.63, 3.8) is 0 Å². The molecule has 1 aromatic heterocycles. The highest BCUT2D eigenvalue weighted by molar-refractivity contribution is 7.12. The van der Waals surface area contributed by atoms with Crippen molar-refractivity contribution in [1.82, 2.24) is 15.2 Å². The van der Waals surface area contributed by atoms with Crippen LogP contribution in [0.2, 0.25) is 0 Å². The van der Waals surface area contributed by atoms with E-state index in [2.05, 4.69) is 44.8 Å². The van der Waals surface area contributed by atoms with E-state index in [1.54, 1.807) is 0 Å². The van der Waals surface area contributed by atoms with Crippen molar-refractivity contribution < 1.29 is 0 Å². The van der Waals surface area contributed by atoms with Crippen LogP contribution in [0.3, 0.4) is 0 Å². The third-order valence-corrected chi connectivity index (χ3v) is 6.70. The van der Waals surface area contributed by atoms with Gasteiger partial charge in [-0.05, 0) is 39.7 Å². The summed E-state index contributed by atoms with van der Waals surface area (Å²) in [6.45, 7) is 13.8. The van der Waals surface area contributed by atoms with E-state index < -0.39 is 0 Å². The van der Waals surface area contributed by atoms with Crippen LogP contribution in [-0.4, -0.2) is 35.1 Å². The molecule has 2 aliphatic rings. The maximum atomic E-state index is 4.81. The third kappa shape index (κ3) is 3.03. The first-order chi connectivity index (χ1) is 9.86. The first-order valence-electron chi connectivity index (χ1n) is 8.34. The zero-order valence-corrected chi connectivity index (χ0v) is 14.9. The van der Waals surface area contributed by atoms with Crippen molar-refractivity contribution in [2.45, 2.75) is 77.4 Å². The van der Waals surface area contributed by atoms with E-state index in [-0.39, 0.29) is 5.41 Å². The van der Waals surface area contributed by atoms with Gasteiger partial charge in [0.05, 0.1) is 10.7 Å². The summed E-state index contributed by atoms with van der Waals surface area (Å²) in [6, 6.07) is 1.87. The van der Waals surface area contributed by atoms with Crippen LogP contribution in [0.1, 0.15) is 68.6 Å². The van der Waals surface area contributed by atoms with E-state index in [9.17, 15) is 0 Å². The molecule has 3 atom stereocenters. The molecule has 2 aliphatic heterocycles. The number of rotatable bonds is 3. The lowest BCUT2D eigenvalue weighted by Gasteiger charge is -2.24. The lowest BCUT2D eigenvalue weighted by molar-refractivity contribution is 0.291. The highest BCUT2D eigenvalue weighted by atomic mass is 32.1. The van der Waals surface area contributed by atoms with Crippen molar-refractivity contribution in [2.24, 2.45) is 0 Å². The molecule has 21 heavy (non-hydrogen) atoms. The number of fused-ring (bicyclic) bond motifs is 1. The SMILES string of the molecule is Cc1nc(C(C)(C)C)sc1C(C)NC1CCN2CCCC12. The monoisotopic (exact) mass is 307 g/mol. The number of thiazole rings is 1. The molecule has 0 aromatic carbocycles. The zero-order chi connectivity index (χ0) is 15.2.